The number of alkyl halides is 3. The van der Waals surface area contributed by atoms with Gasteiger partial charge in [-0.3, -0.25) is 14.4 Å². The predicted octanol–water partition coefficient (Wildman–Crippen LogP) is 4.61. The maximum absolute atomic E-state index is 12.2. The second kappa shape index (κ2) is 9.70. The van der Waals surface area contributed by atoms with Crippen molar-refractivity contribution in [3.05, 3.63) is 47.5 Å². The summed E-state index contributed by atoms with van der Waals surface area (Å²) in [6, 6.07) is 9.47. The maximum Gasteiger partial charge on any atom is 0.573 e. The summed E-state index contributed by atoms with van der Waals surface area (Å²) in [6.45, 7) is 1.33. The molecule has 0 bridgehead atoms. The number of thioether (sulfide) groups is 1. The molecule has 2 atom stereocenters. The van der Waals surface area contributed by atoms with Crippen molar-refractivity contribution in [3.63, 3.8) is 0 Å². The Hall–Kier alpha value is -2.92. The van der Waals surface area contributed by atoms with Crippen LogP contribution < -0.4 is 15.4 Å². The highest BCUT2D eigenvalue weighted by molar-refractivity contribution is 8.01. The van der Waals surface area contributed by atoms with Crippen molar-refractivity contribution in [3.8, 4) is 5.75 Å². The first-order chi connectivity index (χ1) is 15.0. The molecule has 2 N–H and O–H groups in total. The molecule has 2 aromatic rings. The fraction of sp³-hybridized carbons (Fsp3) is 0.250. The topological polar surface area (TPSA) is 93.7 Å². The third-order valence-corrected chi connectivity index (χ3v) is 5.66. The first-order valence-electron chi connectivity index (χ1n) is 9.13. The van der Waals surface area contributed by atoms with Gasteiger partial charge >= 0.3 is 12.3 Å². The molecule has 2 unspecified atom stereocenters. The number of benzene rings is 2. The summed E-state index contributed by atoms with van der Waals surface area (Å²) in [7, 11) is 0. The van der Waals surface area contributed by atoms with Crippen molar-refractivity contribution >= 4 is 52.5 Å². The highest BCUT2D eigenvalue weighted by Crippen LogP contribution is 2.38. The number of fused-ring (bicyclic) bond motifs is 1. The summed E-state index contributed by atoms with van der Waals surface area (Å²) >= 11 is 7.08. The number of nitrogens with one attached hydrogen (secondary N) is 2. The van der Waals surface area contributed by atoms with Gasteiger partial charge in [0, 0.05) is 15.6 Å². The molecule has 170 valence electrons. The Balaban J connectivity index is 1.51. The van der Waals surface area contributed by atoms with Gasteiger partial charge in [-0.25, -0.2) is 0 Å². The summed E-state index contributed by atoms with van der Waals surface area (Å²) in [6.07, 6.45) is -6.29. The zero-order valence-electron chi connectivity index (χ0n) is 16.4. The largest absolute Gasteiger partial charge is 0.573 e. The average Bonchev–Trinajstić information content (AvgIpc) is 2.69. The molecule has 2 amide bonds. The normalized spacial score (nSPS) is 16.4. The zero-order valence-corrected chi connectivity index (χ0v) is 17.9. The third kappa shape index (κ3) is 6.54. The molecule has 1 aliphatic heterocycles. The van der Waals surface area contributed by atoms with Gasteiger partial charge in [-0.1, -0.05) is 11.6 Å². The second-order valence-corrected chi connectivity index (χ2v) is 8.31. The molecule has 1 aliphatic rings. The number of carbonyl (C=O) groups excluding carboxylic acids is 3. The highest BCUT2D eigenvalue weighted by atomic mass is 35.5. The molecule has 3 rings (SSSR count). The van der Waals surface area contributed by atoms with Gasteiger partial charge < -0.3 is 20.1 Å². The highest BCUT2D eigenvalue weighted by Gasteiger charge is 2.32. The van der Waals surface area contributed by atoms with Crippen LogP contribution in [0.15, 0.2) is 47.4 Å². The molecule has 0 aliphatic carbocycles. The number of carbonyl (C=O) groups is 3. The summed E-state index contributed by atoms with van der Waals surface area (Å²) in [5, 5.41) is 4.81. The van der Waals surface area contributed by atoms with Gasteiger partial charge in [-0.15, -0.1) is 24.9 Å². The fourth-order valence-corrected chi connectivity index (χ4v) is 3.94. The van der Waals surface area contributed by atoms with E-state index in [0.29, 0.717) is 10.7 Å². The van der Waals surface area contributed by atoms with Gasteiger partial charge in [0.25, 0.3) is 5.91 Å². The first kappa shape index (κ1) is 23.7. The summed E-state index contributed by atoms with van der Waals surface area (Å²) in [5.74, 6) is -2.28. The van der Waals surface area contributed by atoms with E-state index >= 15 is 0 Å². The predicted molar refractivity (Wildman–Crippen MR) is 112 cm³/mol. The lowest BCUT2D eigenvalue weighted by Gasteiger charge is -2.24. The van der Waals surface area contributed by atoms with Gasteiger partial charge in [0.05, 0.1) is 17.4 Å². The summed E-state index contributed by atoms with van der Waals surface area (Å²) in [5.41, 5.74) is 0.737. The van der Waals surface area contributed by atoms with Gasteiger partial charge in [-0.2, -0.15) is 0 Å². The summed E-state index contributed by atoms with van der Waals surface area (Å²) < 4.78 is 45.4. The van der Waals surface area contributed by atoms with Crippen LogP contribution in [0.1, 0.15) is 13.3 Å². The monoisotopic (exact) mass is 488 g/mol. The SMILES string of the molecule is CC(OC(=O)CC1Sc2ccc(Cl)cc2NC1=O)C(=O)Nc1ccc(OC(F)(F)F)cc1. The Kier molecular flexibility index (Phi) is 7.19. The van der Waals surface area contributed by atoms with Crippen LogP contribution in [0.25, 0.3) is 0 Å². The van der Waals surface area contributed by atoms with Gasteiger partial charge in [0.1, 0.15) is 5.75 Å². The quantitative estimate of drug-likeness (QED) is 0.577. The Morgan fingerprint density at radius 1 is 1.22 bits per heavy atom. The van der Waals surface area contributed by atoms with E-state index < -0.39 is 35.3 Å². The lowest BCUT2D eigenvalue weighted by Crippen LogP contribution is -2.34. The van der Waals surface area contributed by atoms with Gasteiger partial charge in [0.15, 0.2) is 6.10 Å². The number of halogens is 4. The van der Waals surface area contributed by atoms with Crippen molar-refractivity contribution in [2.45, 2.75) is 36.0 Å². The standard InChI is InChI=1S/C20H16ClF3N2O5S/c1-10(18(28)25-12-3-5-13(6-4-12)31-20(22,23)24)30-17(27)9-16-19(29)26-14-8-11(21)2-7-15(14)32-16/h2-8,10,16H,9H2,1H3,(H,25,28)(H,26,29). The van der Waals surface area contributed by atoms with Crippen molar-refractivity contribution in [1.82, 2.24) is 0 Å². The minimum atomic E-state index is -4.82. The van der Waals surface area contributed by atoms with Crippen LogP contribution in [-0.4, -0.2) is 35.5 Å². The Morgan fingerprint density at radius 3 is 2.56 bits per heavy atom. The minimum Gasteiger partial charge on any atom is -0.452 e. The molecule has 2 aromatic carbocycles. The molecule has 12 heteroatoms. The van der Waals surface area contributed by atoms with Gasteiger partial charge in [0.2, 0.25) is 5.91 Å². The molecular formula is C20H16ClF3N2O5S. The van der Waals surface area contributed by atoms with Crippen molar-refractivity contribution in [2.24, 2.45) is 0 Å². The van der Waals surface area contributed by atoms with Crippen LogP contribution in [0.4, 0.5) is 24.5 Å². The van der Waals surface area contributed by atoms with Crippen LogP contribution >= 0.6 is 23.4 Å². The number of ether oxygens (including phenoxy) is 2. The van der Waals surface area contributed by atoms with E-state index in [2.05, 4.69) is 15.4 Å². The van der Waals surface area contributed by atoms with E-state index in [4.69, 9.17) is 16.3 Å². The Labute approximate surface area is 189 Å². The van der Waals surface area contributed by atoms with E-state index in [1.165, 1.54) is 30.8 Å². The number of hydrogen-bond donors (Lipinski definition) is 2. The first-order valence-corrected chi connectivity index (χ1v) is 10.4. The van der Waals surface area contributed by atoms with Crippen LogP contribution in [0.2, 0.25) is 5.02 Å². The van der Waals surface area contributed by atoms with Gasteiger partial charge in [-0.05, 0) is 49.4 Å². The van der Waals surface area contributed by atoms with Crippen molar-refractivity contribution in [2.75, 3.05) is 10.6 Å². The Bertz CT molecular complexity index is 1030. The summed E-state index contributed by atoms with van der Waals surface area (Å²) in [4.78, 5) is 37.4. The molecule has 0 radical (unpaired) electrons. The lowest BCUT2D eigenvalue weighted by atomic mass is 10.2. The molecule has 7 nitrogen and oxygen atoms in total. The molecule has 0 spiro atoms. The van der Waals surface area contributed by atoms with Crippen molar-refractivity contribution < 1.29 is 37.0 Å². The number of amides is 2. The maximum atomic E-state index is 12.2. The van der Waals surface area contributed by atoms with Crippen LogP contribution in [-0.2, 0) is 19.1 Å². The molecular weight excluding hydrogens is 473 g/mol. The van der Waals surface area contributed by atoms with E-state index in [9.17, 15) is 27.6 Å². The second-order valence-electron chi connectivity index (χ2n) is 6.63. The van der Waals surface area contributed by atoms with Crippen molar-refractivity contribution in [1.29, 1.82) is 0 Å². The minimum absolute atomic E-state index is 0.185. The van der Waals surface area contributed by atoms with Crippen LogP contribution in [0, 0.1) is 0 Å². The number of hydrogen-bond acceptors (Lipinski definition) is 6. The third-order valence-electron chi connectivity index (χ3n) is 4.15. The number of esters is 1. The smallest absolute Gasteiger partial charge is 0.452 e. The van der Waals surface area contributed by atoms with E-state index in [0.717, 1.165) is 17.0 Å². The Morgan fingerprint density at radius 2 is 1.91 bits per heavy atom. The number of anilines is 2. The fourth-order valence-electron chi connectivity index (χ4n) is 2.69. The average molecular weight is 489 g/mol. The molecule has 0 saturated carbocycles. The lowest BCUT2D eigenvalue weighted by molar-refractivity contribution is -0.274. The van der Waals surface area contributed by atoms with Crippen LogP contribution in [0.5, 0.6) is 5.75 Å². The van der Waals surface area contributed by atoms with E-state index in [1.54, 1.807) is 18.2 Å². The molecule has 0 aromatic heterocycles. The molecule has 0 saturated heterocycles. The zero-order chi connectivity index (χ0) is 23.5. The number of rotatable bonds is 6. The molecule has 1 heterocycles. The molecule has 32 heavy (non-hydrogen) atoms. The van der Waals surface area contributed by atoms with E-state index in [1.807, 2.05) is 0 Å². The van der Waals surface area contributed by atoms with Crippen LogP contribution in [0.3, 0.4) is 0 Å². The van der Waals surface area contributed by atoms with E-state index in [-0.39, 0.29) is 18.0 Å². The molecule has 0 fully saturated rings.